The highest BCUT2D eigenvalue weighted by Gasteiger charge is 2.03. The van der Waals surface area contributed by atoms with Crippen LogP contribution in [0.2, 0.25) is 0 Å². The van der Waals surface area contributed by atoms with Gasteiger partial charge in [0.2, 0.25) is 0 Å². The molecule has 0 aliphatic rings. The van der Waals surface area contributed by atoms with Crippen LogP contribution in [0.4, 0.5) is 0 Å². The molecule has 16 heavy (non-hydrogen) atoms. The molecule has 6 heteroatoms. The Kier molecular flexibility index (Phi) is 5.43. The molecule has 92 valence electrons. The van der Waals surface area contributed by atoms with Crippen molar-refractivity contribution in [2.75, 3.05) is 0 Å². The fourth-order valence-corrected chi connectivity index (χ4v) is 1.55. The minimum absolute atomic E-state index is 0. The summed E-state index contributed by atoms with van der Waals surface area (Å²) >= 11 is 0. The van der Waals surface area contributed by atoms with Gasteiger partial charge in [0.25, 0.3) is 10.4 Å². The Morgan fingerprint density at radius 2 is 1.81 bits per heavy atom. The topological polar surface area (TPSA) is 103 Å². The Labute approximate surface area is 96.0 Å². The van der Waals surface area contributed by atoms with Gasteiger partial charge in [-0.3, -0.25) is 0 Å². The number of benzene rings is 1. The molecule has 4 N–H and O–H groups in total. The van der Waals surface area contributed by atoms with Gasteiger partial charge in [-0.2, -0.15) is 0 Å². The van der Waals surface area contributed by atoms with E-state index in [-0.39, 0.29) is 11.9 Å². The molecule has 5 nitrogen and oxygen atoms in total. The SMILES string of the molecule is CCC(C)c1ccc(OS(=O)(=O)[O-])cc1.[NH4+]. The lowest BCUT2D eigenvalue weighted by Gasteiger charge is -2.11. The maximum atomic E-state index is 10.3. The van der Waals surface area contributed by atoms with E-state index < -0.39 is 10.4 Å². The first-order chi connectivity index (χ1) is 6.92. The molecule has 0 aliphatic heterocycles. The van der Waals surface area contributed by atoms with Gasteiger partial charge in [0.1, 0.15) is 5.75 Å². The van der Waals surface area contributed by atoms with E-state index in [9.17, 15) is 13.0 Å². The summed E-state index contributed by atoms with van der Waals surface area (Å²) in [6.07, 6.45) is 1.00. The molecule has 0 heterocycles. The van der Waals surface area contributed by atoms with Gasteiger partial charge >= 0.3 is 0 Å². The van der Waals surface area contributed by atoms with Gasteiger partial charge in [0.15, 0.2) is 0 Å². The Morgan fingerprint density at radius 3 is 2.19 bits per heavy atom. The van der Waals surface area contributed by atoms with E-state index in [4.69, 9.17) is 0 Å². The van der Waals surface area contributed by atoms with Crippen LogP contribution in [0.1, 0.15) is 31.7 Å². The lowest BCUT2D eigenvalue weighted by molar-refractivity contribution is 0.372. The average molecular weight is 247 g/mol. The molecule has 0 aromatic heterocycles. The molecular formula is C10H17NO4S. The maximum absolute atomic E-state index is 10.3. The average Bonchev–Trinajstić information content (AvgIpc) is 2.15. The van der Waals surface area contributed by atoms with Crippen LogP contribution in [0.3, 0.4) is 0 Å². The van der Waals surface area contributed by atoms with Crippen LogP contribution in [-0.4, -0.2) is 13.0 Å². The largest absolute Gasteiger partial charge is 0.716 e. The molecule has 1 aromatic carbocycles. The molecule has 1 atom stereocenters. The van der Waals surface area contributed by atoms with Gasteiger partial charge < -0.3 is 14.9 Å². The van der Waals surface area contributed by atoms with Crippen LogP contribution >= 0.6 is 0 Å². The Balaban J connectivity index is 0.00000225. The summed E-state index contributed by atoms with van der Waals surface area (Å²) in [4.78, 5) is 0. The second kappa shape index (κ2) is 5.83. The fraction of sp³-hybridized carbons (Fsp3) is 0.400. The lowest BCUT2D eigenvalue weighted by Crippen LogP contribution is -2.07. The van der Waals surface area contributed by atoms with Crippen molar-refractivity contribution in [3.8, 4) is 5.75 Å². The van der Waals surface area contributed by atoms with Crippen LogP contribution in [0.25, 0.3) is 0 Å². The zero-order valence-electron chi connectivity index (χ0n) is 9.64. The quantitative estimate of drug-likeness (QED) is 0.651. The smallest absolute Gasteiger partial charge is 0.262 e. The van der Waals surface area contributed by atoms with Crippen molar-refractivity contribution in [1.82, 2.24) is 6.15 Å². The molecular weight excluding hydrogens is 230 g/mol. The van der Waals surface area contributed by atoms with Gasteiger partial charge in [-0.05, 0) is 30.0 Å². The van der Waals surface area contributed by atoms with Crippen LogP contribution in [0.5, 0.6) is 5.75 Å². The highest BCUT2D eigenvalue weighted by molar-refractivity contribution is 7.81. The zero-order chi connectivity index (χ0) is 11.5. The third kappa shape index (κ3) is 4.61. The molecule has 1 aromatic rings. The predicted octanol–water partition coefficient (Wildman–Crippen LogP) is 2.42. The highest BCUT2D eigenvalue weighted by Crippen LogP contribution is 2.21. The summed E-state index contributed by atoms with van der Waals surface area (Å²) in [5.74, 6) is 0.458. The first-order valence-corrected chi connectivity index (χ1v) is 6.01. The summed E-state index contributed by atoms with van der Waals surface area (Å²) < 4.78 is 35.1. The summed E-state index contributed by atoms with van der Waals surface area (Å²) in [6.45, 7) is 4.14. The van der Waals surface area contributed by atoms with Crippen molar-refractivity contribution in [2.24, 2.45) is 0 Å². The summed E-state index contributed by atoms with van der Waals surface area (Å²) in [5, 5.41) is 0. The van der Waals surface area contributed by atoms with Gasteiger partial charge in [0.05, 0.1) is 0 Å². The van der Waals surface area contributed by atoms with E-state index in [0.717, 1.165) is 12.0 Å². The number of hydrogen-bond acceptors (Lipinski definition) is 4. The third-order valence-corrected chi connectivity index (χ3v) is 2.66. The molecule has 0 bridgehead atoms. The Bertz CT molecular complexity index is 413. The third-order valence-electron chi connectivity index (χ3n) is 2.26. The second-order valence-electron chi connectivity index (χ2n) is 3.37. The van der Waals surface area contributed by atoms with E-state index in [0.29, 0.717) is 5.92 Å². The Morgan fingerprint density at radius 1 is 1.31 bits per heavy atom. The zero-order valence-corrected chi connectivity index (χ0v) is 10.5. The van der Waals surface area contributed by atoms with Gasteiger partial charge in [-0.25, -0.2) is 8.42 Å². The first-order valence-electron chi connectivity index (χ1n) is 4.67. The monoisotopic (exact) mass is 247 g/mol. The molecule has 0 radical (unpaired) electrons. The van der Waals surface area contributed by atoms with Crippen molar-refractivity contribution in [1.29, 1.82) is 0 Å². The summed E-state index contributed by atoms with van der Waals surface area (Å²) in [5.41, 5.74) is 1.09. The lowest BCUT2D eigenvalue weighted by atomic mass is 9.99. The first kappa shape index (κ1) is 14.9. The van der Waals surface area contributed by atoms with E-state index in [2.05, 4.69) is 18.0 Å². The number of quaternary nitrogens is 1. The van der Waals surface area contributed by atoms with Crippen molar-refractivity contribution < 1.29 is 17.2 Å². The molecule has 0 fully saturated rings. The van der Waals surface area contributed by atoms with Crippen LogP contribution in [0.15, 0.2) is 24.3 Å². The van der Waals surface area contributed by atoms with E-state index in [1.165, 1.54) is 12.1 Å². The number of hydrogen-bond donors (Lipinski definition) is 1. The van der Waals surface area contributed by atoms with Crippen LogP contribution in [0, 0.1) is 0 Å². The molecule has 1 rings (SSSR count). The normalized spacial score (nSPS) is 12.7. The van der Waals surface area contributed by atoms with Crippen molar-refractivity contribution in [3.05, 3.63) is 29.8 Å². The van der Waals surface area contributed by atoms with Crippen molar-refractivity contribution >= 4 is 10.4 Å². The van der Waals surface area contributed by atoms with Crippen molar-refractivity contribution in [3.63, 3.8) is 0 Å². The second-order valence-corrected chi connectivity index (χ2v) is 4.35. The minimum atomic E-state index is -4.67. The van der Waals surface area contributed by atoms with Crippen molar-refractivity contribution in [2.45, 2.75) is 26.2 Å². The highest BCUT2D eigenvalue weighted by atomic mass is 32.3. The molecule has 1 unspecified atom stereocenters. The van der Waals surface area contributed by atoms with Gasteiger partial charge in [0, 0.05) is 0 Å². The molecule has 0 spiro atoms. The van der Waals surface area contributed by atoms with Crippen LogP contribution in [-0.2, 0) is 10.4 Å². The minimum Gasteiger partial charge on any atom is -0.716 e. The van der Waals surface area contributed by atoms with Crippen LogP contribution < -0.4 is 10.3 Å². The van der Waals surface area contributed by atoms with E-state index >= 15 is 0 Å². The molecule has 0 saturated heterocycles. The predicted molar refractivity (Wildman–Crippen MR) is 61.5 cm³/mol. The molecule has 0 amide bonds. The molecule has 0 saturated carbocycles. The Hall–Kier alpha value is -1.11. The molecule has 0 aliphatic carbocycles. The summed E-state index contributed by atoms with van der Waals surface area (Å²) in [6, 6.07) is 6.48. The fourth-order valence-electron chi connectivity index (χ4n) is 1.21. The number of rotatable bonds is 4. The van der Waals surface area contributed by atoms with E-state index in [1.807, 2.05) is 0 Å². The van der Waals surface area contributed by atoms with Gasteiger partial charge in [-0.15, -0.1) is 0 Å². The van der Waals surface area contributed by atoms with E-state index in [1.54, 1.807) is 12.1 Å². The standard InChI is InChI=1S/C10H14O4S.H3N/c1-3-8(2)9-4-6-10(7-5-9)14-15(11,12)13;/h4-8H,3H2,1-2H3,(H,11,12,13);1H3. The summed E-state index contributed by atoms with van der Waals surface area (Å²) in [7, 11) is -4.67. The van der Waals surface area contributed by atoms with Gasteiger partial charge in [-0.1, -0.05) is 26.0 Å². The maximum Gasteiger partial charge on any atom is 0.262 e.